The Hall–Kier alpha value is -2.45. The number of carbonyl (C=O) groups is 2. The van der Waals surface area contributed by atoms with E-state index in [1.54, 1.807) is 0 Å². The van der Waals surface area contributed by atoms with E-state index in [1.165, 1.54) is 13.1 Å². The van der Waals surface area contributed by atoms with Crippen molar-refractivity contribution in [3.8, 4) is 0 Å². The van der Waals surface area contributed by atoms with Gasteiger partial charge >= 0.3 is 5.69 Å². The van der Waals surface area contributed by atoms with Crippen molar-refractivity contribution in [3.63, 3.8) is 0 Å². The molecule has 8 nitrogen and oxygen atoms in total. The smallest absolute Gasteiger partial charge is 0.328 e. The van der Waals surface area contributed by atoms with Crippen molar-refractivity contribution >= 4 is 11.8 Å². The molecule has 0 aromatic carbocycles. The standard InChI is InChI=1S/C12H15FN4O4/c1-6-3-16(12(21)15-11(6)20)5-9(18)17-4-7(13)2-8(17)10(14)19/h3,7-8H,2,4-5H2,1H3,(H2,14,19)(H,15,20,21). The number of rotatable bonds is 3. The number of aromatic nitrogens is 2. The molecule has 0 aliphatic carbocycles. The van der Waals surface area contributed by atoms with Crippen LogP contribution in [0.25, 0.3) is 0 Å². The van der Waals surface area contributed by atoms with E-state index in [9.17, 15) is 23.6 Å². The molecule has 9 heteroatoms. The van der Waals surface area contributed by atoms with Gasteiger partial charge in [-0.1, -0.05) is 0 Å². The highest BCUT2D eigenvalue weighted by atomic mass is 19.1. The highest BCUT2D eigenvalue weighted by Crippen LogP contribution is 2.20. The van der Waals surface area contributed by atoms with Gasteiger partial charge in [-0.3, -0.25) is 23.9 Å². The van der Waals surface area contributed by atoms with Crippen LogP contribution >= 0.6 is 0 Å². The maximum absolute atomic E-state index is 13.4. The summed E-state index contributed by atoms with van der Waals surface area (Å²) in [5.41, 5.74) is 4.12. The molecule has 1 aromatic rings. The molecular weight excluding hydrogens is 283 g/mol. The molecule has 1 fully saturated rings. The lowest BCUT2D eigenvalue weighted by molar-refractivity contribution is -0.137. The summed E-state index contributed by atoms with van der Waals surface area (Å²) in [7, 11) is 0. The molecule has 0 saturated carbocycles. The average Bonchev–Trinajstić information content (AvgIpc) is 2.78. The van der Waals surface area contributed by atoms with E-state index < -0.39 is 41.8 Å². The average molecular weight is 298 g/mol. The molecule has 3 N–H and O–H groups in total. The summed E-state index contributed by atoms with van der Waals surface area (Å²) in [5.74, 6) is -1.39. The van der Waals surface area contributed by atoms with Crippen LogP contribution in [0, 0.1) is 6.92 Å². The number of aryl methyl sites for hydroxylation is 1. The van der Waals surface area contributed by atoms with E-state index in [-0.39, 0.29) is 18.5 Å². The van der Waals surface area contributed by atoms with Gasteiger partial charge in [-0.05, 0) is 6.92 Å². The largest absolute Gasteiger partial charge is 0.368 e. The fraction of sp³-hybridized carbons (Fsp3) is 0.500. The van der Waals surface area contributed by atoms with Crippen LogP contribution < -0.4 is 17.0 Å². The minimum atomic E-state index is -1.32. The lowest BCUT2D eigenvalue weighted by Crippen LogP contribution is -2.46. The van der Waals surface area contributed by atoms with Gasteiger partial charge in [-0.25, -0.2) is 9.18 Å². The topological polar surface area (TPSA) is 118 Å². The number of hydrogen-bond acceptors (Lipinski definition) is 4. The second-order valence-corrected chi connectivity index (χ2v) is 5.00. The van der Waals surface area contributed by atoms with Crippen LogP contribution in [0.4, 0.5) is 4.39 Å². The van der Waals surface area contributed by atoms with E-state index in [1.807, 2.05) is 0 Å². The van der Waals surface area contributed by atoms with Crippen LogP contribution in [0.15, 0.2) is 15.8 Å². The molecule has 0 spiro atoms. The molecule has 2 rings (SSSR count). The Kier molecular flexibility index (Phi) is 3.92. The van der Waals surface area contributed by atoms with Gasteiger partial charge in [0, 0.05) is 18.2 Å². The molecule has 1 aliphatic rings. The molecule has 21 heavy (non-hydrogen) atoms. The SMILES string of the molecule is Cc1cn(CC(=O)N2CC(F)CC2C(N)=O)c(=O)[nH]c1=O. The molecule has 1 aromatic heterocycles. The van der Waals surface area contributed by atoms with Crippen molar-refractivity contribution in [2.45, 2.75) is 32.1 Å². The highest BCUT2D eigenvalue weighted by molar-refractivity contribution is 5.87. The molecule has 114 valence electrons. The lowest BCUT2D eigenvalue weighted by Gasteiger charge is -2.22. The zero-order valence-corrected chi connectivity index (χ0v) is 11.3. The number of likely N-dealkylation sites (tertiary alicyclic amines) is 1. The number of carbonyl (C=O) groups excluding carboxylic acids is 2. The monoisotopic (exact) mass is 298 g/mol. The first-order valence-electron chi connectivity index (χ1n) is 6.33. The summed E-state index contributed by atoms with van der Waals surface area (Å²) in [6.45, 7) is 0.857. The zero-order chi connectivity index (χ0) is 15.7. The normalized spacial score (nSPS) is 21.5. The summed E-state index contributed by atoms with van der Waals surface area (Å²) in [6.07, 6.45) is -0.220. The Bertz CT molecular complexity index is 695. The number of nitrogens with two attached hydrogens (primary N) is 1. The molecule has 1 aliphatic heterocycles. The number of nitrogens with zero attached hydrogens (tertiary/aromatic N) is 2. The van der Waals surface area contributed by atoms with Crippen LogP contribution in [-0.2, 0) is 16.1 Å². The number of aromatic amines is 1. The van der Waals surface area contributed by atoms with E-state index >= 15 is 0 Å². The molecule has 0 radical (unpaired) electrons. The number of halogens is 1. The van der Waals surface area contributed by atoms with Gasteiger partial charge in [-0.2, -0.15) is 0 Å². The fourth-order valence-corrected chi connectivity index (χ4v) is 2.30. The van der Waals surface area contributed by atoms with Crippen LogP contribution in [0.2, 0.25) is 0 Å². The molecule has 2 atom stereocenters. The third-order valence-corrected chi connectivity index (χ3v) is 3.39. The van der Waals surface area contributed by atoms with Crippen LogP contribution in [-0.4, -0.2) is 45.0 Å². The maximum Gasteiger partial charge on any atom is 0.328 e. The highest BCUT2D eigenvalue weighted by Gasteiger charge is 2.38. The summed E-state index contributed by atoms with van der Waals surface area (Å²) in [4.78, 5) is 49.3. The second kappa shape index (κ2) is 5.51. The van der Waals surface area contributed by atoms with Crippen LogP contribution in [0.1, 0.15) is 12.0 Å². The molecule has 2 unspecified atom stereocenters. The van der Waals surface area contributed by atoms with Crippen molar-refractivity contribution in [2.24, 2.45) is 5.73 Å². The van der Waals surface area contributed by atoms with Crippen LogP contribution in [0.5, 0.6) is 0 Å². The maximum atomic E-state index is 13.4. The number of hydrogen-bond donors (Lipinski definition) is 2. The van der Waals surface area contributed by atoms with E-state index in [0.717, 1.165) is 9.47 Å². The number of alkyl halides is 1. The third-order valence-electron chi connectivity index (χ3n) is 3.39. The molecule has 0 bridgehead atoms. The Morgan fingerprint density at radius 2 is 2.14 bits per heavy atom. The zero-order valence-electron chi connectivity index (χ0n) is 11.3. The van der Waals surface area contributed by atoms with Crippen LogP contribution in [0.3, 0.4) is 0 Å². The van der Waals surface area contributed by atoms with Gasteiger partial charge in [-0.15, -0.1) is 0 Å². The molecule has 2 heterocycles. The first-order chi connectivity index (χ1) is 9.79. The number of primary amides is 1. The Balaban J connectivity index is 2.22. The molecule has 2 amide bonds. The number of amides is 2. The molecular formula is C12H15FN4O4. The van der Waals surface area contributed by atoms with Gasteiger partial charge in [0.2, 0.25) is 11.8 Å². The predicted molar refractivity (Wildman–Crippen MR) is 70.3 cm³/mol. The van der Waals surface area contributed by atoms with Gasteiger partial charge < -0.3 is 10.6 Å². The van der Waals surface area contributed by atoms with E-state index in [0.29, 0.717) is 0 Å². The van der Waals surface area contributed by atoms with Crippen molar-refractivity contribution in [1.29, 1.82) is 0 Å². The predicted octanol–water partition coefficient (Wildman–Crippen LogP) is -1.73. The van der Waals surface area contributed by atoms with Crippen molar-refractivity contribution in [1.82, 2.24) is 14.5 Å². The summed E-state index contributed by atoms with van der Waals surface area (Å²) >= 11 is 0. The Morgan fingerprint density at radius 1 is 1.48 bits per heavy atom. The number of nitrogens with one attached hydrogen (secondary N) is 1. The van der Waals surface area contributed by atoms with Crippen molar-refractivity contribution in [2.75, 3.05) is 6.54 Å². The lowest BCUT2D eigenvalue weighted by atomic mass is 10.2. The van der Waals surface area contributed by atoms with Gasteiger partial charge in [0.25, 0.3) is 5.56 Å². The van der Waals surface area contributed by atoms with Crippen molar-refractivity contribution in [3.05, 3.63) is 32.6 Å². The fourth-order valence-electron chi connectivity index (χ4n) is 2.30. The van der Waals surface area contributed by atoms with Gasteiger partial charge in [0.05, 0.1) is 6.54 Å². The van der Waals surface area contributed by atoms with E-state index in [4.69, 9.17) is 5.73 Å². The van der Waals surface area contributed by atoms with Gasteiger partial charge in [0.15, 0.2) is 0 Å². The first-order valence-corrected chi connectivity index (χ1v) is 6.33. The van der Waals surface area contributed by atoms with E-state index in [2.05, 4.69) is 4.98 Å². The summed E-state index contributed by atoms with van der Waals surface area (Å²) in [5, 5.41) is 0. The second-order valence-electron chi connectivity index (χ2n) is 5.00. The Labute approximate surface area is 118 Å². The quantitative estimate of drug-likeness (QED) is 0.689. The molecule has 1 saturated heterocycles. The third kappa shape index (κ3) is 3.01. The summed E-state index contributed by atoms with van der Waals surface area (Å²) in [6, 6.07) is -1.01. The summed E-state index contributed by atoms with van der Waals surface area (Å²) < 4.78 is 14.4. The minimum absolute atomic E-state index is 0.138. The minimum Gasteiger partial charge on any atom is -0.368 e. The number of H-pyrrole nitrogens is 1. The van der Waals surface area contributed by atoms with Gasteiger partial charge in [0.1, 0.15) is 18.8 Å². The van der Waals surface area contributed by atoms with Crippen molar-refractivity contribution < 1.29 is 14.0 Å². The first kappa shape index (κ1) is 14.9. The Morgan fingerprint density at radius 3 is 2.76 bits per heavy atom.